The Morgan fingerprint density at radius 1 is 1.48 bits per heavy atom. The molecule has 1 fully saturated rings. The maximum absolute atomic E-state index is 12.6. The van der Waals surface area contributed by atoms with Crippen molar-refractivity contribution in [3.63, 3.8) is 0 Å². The molecule has 0 saturated carbocycles. The molecule has 21 heavy (non-hydrogen) atoms. The van der Waals surface area contributed by atoms with E-state index >= 15 is 0 Å². The molecule has 0 N–H and O–H groups in total. The second-order valence-corrected chi connectivity index (χ2v) is 6.31. The fourth-order valence-corrected chi connectivity index (χ4v) is 3.11. The van der Waals surface area contributed by atoms with Gasteiger partial charge in [-0.1, -0.05) is 6.07 Å². The molecular formula is C17H24ClNO2. The third-order valence-corrected chi connectivity index (χ3v) is 3.99. The van der Waals surface area contributed by atoms with Gasteiger partial charge in [-0.25, -0.2) is 0 Å². The van der Waals surface area contributed by atoms with E-state index in [4.69, 9.17) is 16.3 Å². The number of rotatable bonds is 5. The molecule has 1 aromatic carbocycles. The Morgan fingerprint density at radius 2 is 2.29 bits per heavy atom. The first-order chi connectivity index (χ1) is 10.1. The van der Waals surface area contributed by atoms with Crippen molar-refractivity contribution in [1.29, 1.82) is 0 Å². The minimum atomic E-state index is 0.100. The summed E-state index contributed by atoms with van der Waals surface area (Å²) in [7, 11) is 0. The molecule has 0 aromatic heterocycles. The molecule has 116 valence electrons. The minimum Gasteiger partial charge on any atom is -0.491 e. The highest BCUT2D eigenvalue weighted by molar-refractivity contribution is 6.17. The normalized spacial score (nSPS) is 18.9. The number of likely N-dealkylation sites (tertiary alicyclic amines) is 1. The zero-order valence-corrected chi connectivity index (χ0v) is 13.6. The molecule has 1 atom stereocenters. The lowest BCUT2D eigenvalue weighted by atomic mass is 9.95. The summed E-state index contributed by atoms with van der Waals surface area (Å²) >= 11 is 5.83. The second kappa shape index (κ2) is 7.69. The number of carbonyl (C=O) groups excluding carboxylic acids is 1. The third kappa shape index (κ3) is 4.63. The van der Waals surface area contributed by atoms with E-state index in [2.05, 4.69) is 0 Å². The van der Waals surface area contributed by atoms with Crippen molar-refractivity contribution < 1.29 is 9.53 Å². The van der Waals surface area contributed by atoms with E-state index in [1.165, 1.54) is 6.42 Å². The predicted molar refractivity (Wildman–Crippen MR) is 86.2 cm³/mol. The van der Waals surface area contributed by atoms with Gasteiger partial charge >= 0.3 is 0 Å². The van der Waals surface area contributed by atoms with Crippen LogP contribution in [0.5, 0.6) is 5.75 Å². The van der Waals surface area contributed by atoms with Crippen molar-refractivity contribution in [2.45, 2.75) is 39.2 Å². The first-order valence-corrected chi connectivity index (χ1v) is 8.25. The maximum atomic E-state index is 12.6. The maximum Gasteiger partial charge on any atom is 0.253 e. The summed E-state index contributed by atoms with van der Waals surface area (Å²) in [5.41, 5.74) is 0.708. The van der Waals surface area contributed by atoms with Crippen molar-refractivity contribution in [2.24, 2.45) is 5.92 Å². The highest BCUT2D eigenvalue weighted by atomic mass is 35.5. The van der Waals surface area contributed by atoms with E-state index in [1.54, 1.807) is 0 Å². The summed E-state index contributed by atoms with van der Waals surface area (Å²) in [4.78, 5) is 14.6. The zero-order valence-electron chi connectivity index (χ0n) is 12.8. The van der Waals surface area contributed by atoms with Crippen LogP contribution in [0.1, 0.15) is 43.5 Å². The topological polar surface area (TPSA) is 29.5 Å². The fraction of sp³-hybridized carbons (Fsp3) is 0.588. The molecule has 0 aliphatic carbocycles. The summed E-state index contributed by atoms with van der Waals surface area (Å²) in [6.07, 6.45) is 3.34. The van der Waals surface area contributed by atoms with E-state index in [1.807, 2.05) is 43.0 Å². The van der Waals surface area contributed by atoms with Crippen molar-refractivity contribution in [2.75, 3.05) is 19.0 Å². The molecular weight excluding hydrogens is 286 g/mol. The number of amides is 1. The van der Waals surface area contributed by atoms with Crippen LogP contribution >= 0.6 is 11.6 Å². The van der Waals surface area contributed by atoms with Crippen LogP contribution in [0.4, 0.5) is 0 Å². The highest BCUT2D eigenvalue weighted by Crippen LogP contribution is 2.23. The lowest BCUT2D eigenvalue weighted by molar-refractivity contribution is 0.0671. The van der Waals surface area contributed by atoms with Gasteiger partial charge in [-0.2, -0.15) is 0 Å². The van der Waals surface area contributed by atoms with Gasteiger partial charge in [0.15, 0.2) is 0 Å². The van der Waals surface area contributed by atoms with Gasteiger partial charge in [0.1, 0.15) is 5.75 Å². The van der Waals surface area contributed by atoms with Gasteiger partial charge in [0.2, 0.25) is 0 Å². The molecule has 1 aromatic rings. The van der Waals surface area contributed by atoms with Crippen LogP contribution in [0.15, 0.2) is 24.3 Å². The number of ether oxygens (including phenoxy) is 1. The molecule has 0 spiro atoms. The molecule has 1 aliphatic heterocycles. The molecule has 2 rings (SSSR count). The van der Waals surface area contributed by atoms with E-state index in [0.29, 0.717) is 17.4 Å². The molecule has 0 bridgehead atoms. The van der Waals surface area contributed by atoms with Gasteiger partial charge in [0, 0.05) is 24.5 Å². The molecule has 3 nitrogen and oxygen atoms in total. The molecule has 4 heteroatoms. The Balaban J connectivity index is 2.05. The van der Waals surface area contributed by atoms with Gasteiger partial charge in [0.25, 0.3) is 5.91 Å². The summed E-state index contributed by atoms with van der Waals surface area (Å²) < 4.78 is 5.66. The first-order valence-electron chi connectivity index (χ1n) is 7.72. The average Bonchev–Trinajstić information content (AvgIpc) is 2.47. The number of benzene rings is 1. The second-order valence-electron chi connectivity index (χ2n) is 5.93. The Bertz CT molecular complexity index is 474. The van der Waals surface area contributed by atoms with Crippen molar-refractivity contribution in [3.05, 3.63) is 29.8 Å². The van der Waals surface area contributed by atoms with E-state index in [9.17, 15) is 4.79 Å². The summed E-state index contributed by atoms with van der Waals surface area (Å²) in [5, 5.41) is 0. The van der Waals surface area contributed by atoms with Crippen LogP contribution < -0.4 is 4.74 Å². The summed E-state index contributed by atoms with van der Waals surface area (Å²) in [6.45, 7) is 5.62. The molecule has 1 aliphatic rings. The highest BCUT2D eigenvalue weighted by Gasteiger charge is 2.24. The van der Waals surface area contributed by atoms with Crippen LogP contribution in [0.3, 0.4) is 0 Å². The van der Waals surface area contributed by atoms with Gasteiger partial charge < -0.3 is 9.64 Å². The van der Waals surface area contributed by atoms with Gasteiger partial charge in [-0.05, 0) is 57.2 Å². The van der Waals surface area contributed by atoms with Crippen molar-refractivity contribution in [1.82, 2.24) is 4.90 Å². The van der Waals surface area contributed by atoms with Crippen molar-refractivity contribution >= 4 is 17.5 Å². The quantitative estimate of drug-likeness (QED) is 0.771. The van der Waals surface area contributed by atoms with Crippen LogP contribution in [-0.2, 0) is 0 Å². The predicted octanol–water partition coefficient (Wildman–Crippen LogP) is 3.95. The molecule has 1 unspecified atom stereocenters. The largest absolute Gasteiger partial charge is 0.491 e. The Hall–Kier alpha value is -1.22. The van der Waals surface area contributed by atoms with E-state index in [-0.39, 0.29) is 12.0 Å². The SMILES string of the molecule is CC(C)Oc1cccc(C(=O)N2CCCC(CCCl)C2)c1. The Morgan fingerprint density at radius 3 is 3.00 bits per heavy atom. The first kappa shape index (κ1) is 16.2. The number of halogens is 1. The average molecular weight is 310 g/mol. The summed E-state index contributed by atoms with van der Waals surface area (Å²) in [6, 6.07) is 7.47. The van der Waals surface area contributed by atoms with Crippen LogP contribution in [0.2, 0.25) is 0 Å². The van der Waals surface area contributed by atoms with Gasteiger partial charge in [0.05, 0.1) is 6.10 Å². The smallest absolute Gasteiger partial charge is 0.253 e. The van der Waals surface area contributed by atoms with Crippen LogP contribution in [0.25, 0.3) is 0 Å². The number of alkyl halides is 1. The number of piperidine rings is 1. The molecule has 1 heterocycles. The lowest BCUT2D eigenvalue weighted by Gasteiger charge is -2.32. The standard InChI is InChI=1S/C17H24ClNO2/c1-13(2)21-16-7-3-6-15(11-16)17(20)19-10-4-5-14(12-19)8-9-18/h3,6-7,11,13-14H,4-5,8-10,12H2,1-2H3. The number of carbonyl (C=O) groups is 1. The molecule has 0 radical (unpaired) electrons. The fourth-order valence-electron chi connectivity index (χ4n) is 2.80. The molecule has 1 saturated heterocycles. The summed E-state index contributed by atoms with van der Waals surface area (Å²) in [5.74, 6) is 2.06. The Kier molecular flexibility index (Phi) is 5.92. The van der Waals surface area contributed by atoms with E-state index in [0.717, 1.165) is 31.7 Å². The van der Waals surface area contributed by atoms with Gasteiger partial charge in [-0.3, -0.25) is 4.79 Å². The minimum absolute atomic E-state index is 0.100. The lowest BCUT2D eigenvalue weighted by Crippen LogP contribution is -2.40. The monoisotopic (exact) mass is 309 g/mol. The van der Waals surface area contributed by atoms with Gasteiger partial charge in [-0.15, -0.1) is 11.6 Å². The van der Waals surface area contributed by atoms with Crippen LogP contribution in [-0.4, -0.2) is 35.9 Å². The molecule has 1 amide bonds. The number of hydrogen-bond donors (Lipinski definition) is 0. The Labute approximate surface area is 132 Å². The van der Waals surface area contributed by atoms with Crippen molar-refractivity contribution in [3.8, 4) is 5.75 Å². The van der Waals surface area contributed by atoms with Crippen LogP contribution in [0, 0.1) is 5.92 Å². The van der Waals surface area contributed by atoms with E-state index < -0.39 is 0 Å². The number of nitrogens with zero attached hydrogens (tertiary/aromatic N) is 1. The third-order valence-electron chi connectivity index (χ3n) is 3.78. The zero-order chi connectivity index (χ0) is 15.2. The number of hydrogen-bond acceptors (Lipinski definition) is 2.